The number of hydrogen-bond acceptors (Lipinski definition) is 3. The van der Waals surface area contributed by atoms with Crippen molar-refractivity contribution in [3.8, 4) is 22.4 Å². The lowest BCUT2D eigenvalue weighted by molar-refractivity contribution is 0.0955. The van der Waals surface area contributed by atoms with Crippen LogP contribution in [0.5, 0.6) is 0 Å². The first kappa shape index (κ1) is 16.3. The molecule has 0 radical (unpaired) electrons. The number of rotatable bonds is 4. The van der Waals surface area contributed by atoms with Crippen molar-refractivity contribution in [2.75, 3.05) is 13.1 Å². The van der Waals surface area contributed by atoms with Crippen molar-refractivity contribution in [2.24, 2.45) is 5.73 Å². The highest BCUT2D eigenvalue weighted by Crippen LogP contribution is 2.34. The van der Waals surface area contributed by atoms with Crippen LogP contribution >= 0.6 is 0 Å². The predicted molar refractivity (Wildman–Crippen MR) is 102 cm³/mol. The Kier molecular flexibility index (Phi) is 4.14. The second-order valence-corrected chi connectivity index (χ2v) is 6.28. The summed E-state index contributed by atoms with van der Waals surface area (Å²) >= 11 is 0. The molecule has 5 heteroatoms. The van der Waals surface area contributed by atoms with Crippen LogP contribution in [0.3, 0.4) is 0 Å². The largest absolute Gasteiger partial charge is 0.351 e. The molecule has 0 unspecified atom stereocenters. The van der Waals surface area contributed by atoms with Crippen LogP contribution in [0, 0.1) is 0 Å². The van der Waals surface area contributed by atoms with Crippen LogP contribution in [0.1, 0.15) is 15.9 Å². The van der Waals surface area contributed by atoms with Crippen LogP contribution in [0.15, 0.2) is 65.5 Å². The van der Waals surface area contributed by atoms with E-state index in [1.54, 1.807) is 10.6 Å². The van der Waals surface area contributed by atoms with Gasteiger partial charge in [0.2, 0.25) is 0 Å². The zero-order valence-corrected chi connectivity index (χ0v) is 14.2. The molecule has 0 aliphatic carbocycles. The lowest BCUT2D eigenvalue weighted by Gasteiger charge is -2.14. The van der Waals surface area contributed by atoms with Crippen molar-refractivity contribution in [3.05, 3.63) is 82.1 Å². The molecule has 0 fully saturated rings. The van der Waals surface area contributed by atoms with E-state index in [9.17, 15) is 9.59 Å². The number of fused-ring (bicyclic) bond motifs is 3. The minimum Gasteiger partial charge on any atom is -0.351 e. The van der Waals surface area contributed by atoms with E-state index in [1.165, 1.54) is 0 Å². The van der Waals surface area contributed by atoms with Gasteiger partial charge in [0.1, 0.15) is 0 Å². The molecule has 1 aliphatic heterocycles. The van der Waals surface area contributed by atoms with Gasteiger partial charge in [-0.25, -0.2) is 0 Å². The number of carbonyl (C=O) groups is 1. The van der Waals surface area contributed by atoms with Gasteiger partial charge in [-0.3, -0.25) is 9.59 Å². The molecule has 5 nitrogen and oxygen atoms in total. The highest BCUT2D eigenvalue weighted by molar-refractivity contribution is 6.02. The molecule has 3 N–H and O–H groups in total. The molecule has 2 heterocycles. The summed E-state index contributed by atoms with van der Waals surface area (Å²) in [6.45, 7) is 1.23. The quantitative estimate of drug-likeness (QED) is 0.595. The van der Waals surface area contributed by atoms with Gasteiger partial charge in [0.15, 0.2) is 0 Å². The predicted octanol–water partition coefficient (Wildman–Crippen LogP) is 2.23. The summed E-state index contributed by atoms with van der Waals surface area (Å²) in [6, 6.07) is 19.0. The van der Waals surface area contributed by atoms with Crippen molar-refractivity contribution in [2.45, 2.75) is 6.54 Å². The van der Waals surface area contributed by atoms with Gasteiger partial charge in [0.25, 0.3) is 11.5 Å². The average Bonchev–Trinajstić information content (AvgIpc) is 3.07. The topological polar surface area (TPSA) is 77.1 Å². The lowest BCUT2D eigenvalue weighted by atomic mass is 9.99. The average molecular weight is 345 g/mol. The number of carbonyl (C=O) groups excluding carboxylic acids is 1. The molecule has 0 saturated heterocycles. The molecule has 0 bridgehead atoms. The van der Waals surface area contributed by atoms with Crippen LogP contribution in [-0.2, 0) is 6.54 Å². The van der Waals surface area contributed by atoms with E-state index >= 15 is 0 Å². The van der Waals surface area contributed by atoms with Gasteiger partial charge in [-0.05, 0) is 17.2 Å². The summed E-state index contributed by atoms with van der Waals surface area (Å²) in [5.41, 5.74) is 9.92. The smallest absolute Gasteiger partial charge is 0.259 e. The van der Waals surface area contributed by atoms with Crippen molar-refractivity contribution >= 4 is 5.91 Å². The summed E-state index contributed by atoms with van der Waals surface area (Å²) in [4.78, 5) is 25.9. The molecular weight excluding hydrogens is 326 g/mol. The van der Waals surface area contributed by atoms with Gasteiger partial charge in [-0.2, -0.15) is 0 Å². The van der Waals surface area contributed by atoms with E-state index in [2.05, 4.69) is 5.32 Å². The number of benzene rings is 2. The first-order chi connectivity index (χ1) is 12.7. The lowest BCUT2D eigenvalue weighted by Crippen LogP contribution is -2.31. The van der Waals surface area contributed by atoms with E-state index < -0.39 is 0 Å². The molecule has 2 aromatic carbocycles. The maximum atomic E-state index is 13.1. The van der Waals surface area contributed by atoms with Crippen LogP contribution < -0.4 is 16.6 Å². The van der Waals surface area contributed by atoms with Gasteiger partial charge < -0.3 is 15.6 Å². The highest BCUT2D eigenvalue weighted by Gasteiger charge is 2.27. The van der Waals surface area contributed by atoms with Gasteiger partial charge in [-0.1, -0.05) is 54.6 Å². The molecular formula is C21H19N3O2. The fourth-order valence-electron chi connectivity index (χ4n) is 3.45. The second-order valence-electron chi connectivity index (χ2n) is 6.28. The van der Waals surface area contributed by atoms with Crippen LogP contribution in [0.25, 0.3) is 22.4 Å². The highest BCUT2D eigenvalue weighted by atomic mass is 16.2. The number of amides is 1. The summed E-state index contributed by atoms with van der Waals surface area (Å²) in [5.74, 6) is -0.215. The van der Waals surface area contributed by atoms with E-state index in [4.69, 9.17) is 5.73 Å². The maximum Gasteiger partial charge on any atom is 0.259 e. The fraction of sp³-hybridized carbons (Fsp3) is 0.143. The summed E-state index contributed by atoms with van der Waals surface area (Å²) in [7, 11) is 0. The zero-order chi connectivity index (χ0) is 18.1. The summed E-state index contributed by atoms with van der Waals surface area (Å²) < 4.78 is 1.70. The Labute approximate surface area is 151 Å². The number of hydrogen-bond donors (Lipinski definition) is 2. The molecule has 0 saturated carbocycles. The van der Waals surface area contributed by atoms with Crippen molar-refractivity contribution in [3.63, 3.8) is 0 Å². The molecule has 1 amide bonds. The SMILES string of the molecule is NCCNC(=O)c1cc(-c2ccccc2)c(=O)n2c1-c1ccccc1C2. The molecule has 0 atom stereocenters. The van der Waals surface area contributed by atoms with Crippen LogP contribution in [0.4, 0.5) is 0 Å². The molecule has 26 heavy (non-hydrogen) atoms. The van der Waals surface area contributed by atoms with Gasteiger partial charge in [-0.15, -0.1) is 0 Å². The summed E-state index contributed by atoms with van der Waals surface area (Å²) in [6.07, 6.45) is 0. The number of nitrogens with one attached hydrogen (secondary N) is 1. The normalized spacial score (nSPS) is 11.7. The van der Waals surface area contributed by atoms with Crippen molar-refractivity contribution in [1.29, 1.82) is 0 Å². The second kappa shape index (κ2) is 6.61. The Morgan fingerprint density at radius 2 is 1.77 bits per heavy atom. The number of pyridine rings is 1. The first-order valence-electron chi connectivity index (χ1n) is 8.60. The first-order valence-corrected chi connectivity index (χ1v) is 8.60. The Balaban J connectivity index is 1.96. The van der Waals surface area contributed by atoms with E-state index in [1.807, 2.05) is 54.6 Å². The third-order valence-electron chi connectivity index (χ3n) is 4.65. The van der Waals surface area contributed by atoms with Crippen LogP contribution in [-0.4, -0.2) is 23.6 Å². The van der Waals surface area contributed by atoms with Gasteiger partial charge >= 0.3 is 0 Å². The Bertz CT molecular complexity index is 1040. The molecule has 1 aromatic heterocycles. The Morgan fingerprint density at radius 1 is 1.04 bits per heavy atom. The monoisotopic (exact) mass is 345 g/mol. The van der Waals surface area contributed by atoms with E-state index in [0.29, 0.717) is 36.5 Å². The van der Waals surface area contributed by atoms with Crippen molar-refractivity contribution < 1.29 is 4.79 Å². The van der Waals surface area contributed by atoms with Gasteiger partial charge in [0, 0.05) is 24.2 Å². The maximum absolute atomic E-state index is 13.1. The Hall–Kier alpha value is -3.18. The van der Waals surface area contributed by atoms with Crippen LogP contribution in [0.2, 0.25) is 0 Å². The third-order valence-corrected chi connectivity index (χ3v) is 4.65. The standard InChI is InChI=1S/C21H19N3O2/c22-10-11-23-20(25)18-12-17(14-6-2-1-3-7-14)21(26)24-13-15-8-4-5-9-16(15)19(18)24/h1-9,12H,10-11,13,22H2,(H,23,25). The molecule has 1 aliphatic rings. The molecule has 0 spiro atoms. The molecule has 4 rings (SSSR count). The molecule has 130 valence electrons. The van der Waals surface area contributed by atoms with E-state index in [0.717, 1.165) is 16.7 Å². The van der Waals surface area contributed by atoms with Gasteiger partial charge in [0.05, 0.1) is 17.8 Å². The van der Waals surface area contributed by atoms with Crippen molar-refractivity contribution in [1.82, 2.24) is 9.88 Å². The van der Waals surface area contributed by atoms with E-state index in [-0.39, 0.29) is 11.5 Å². The third kappa shape index (κ3) is 2.62. The zero-order valence-electron chi connectivity index (χ0n) is 14.2. The minimum absolute atomic E-state index is 0.0854. The number of aromatic nitrogens is 1. The number of nitrogens with two attached hydrogens (primary N) is 1. The minimum atomic E-state index is -0.215. The summed E-state index contributed by atoms with van der Waals surface area (Å²) in [5, 5.41) is 2.83. The fourth-order valence-corrected chi connectivity index (χ4v) is 3.45. The molecule has 3 aromatic rings. The number of nitrogens with zero attached hydrogens (tertiary/aromatic N) is 1. The Morgan fingerprint density at radius 3 is 2.54 bits per heavy atom.